The Morgan fingerprint density at radius 2 is 2.28 bits per heavy atom. The third-order valence-corrected chi connectivity index (χ3v) is 3.26. The smallest absolute Gasteiger partial charge is 0.0994 e. The standard InChI is InChI=1S/C13H17BrN4/c1-2-4-12(15)13-9-18(17-16-13)8-10-5-3-6-11(14)7-10/h3,5-7,9,12H,2,4,8,15H2,1H3. The monoisotopic (exact) mass is 308 g/mol. The third kappa shape index (κ3) is 3.40. The Kier molecular flexibility index (Phi) is 4.49. The quantitative estimate of drug-likeness (QED) is 0.924. The van der Waals surface area contributed by atoms with Gasteiger partial charge in [-0.05, 0) is 24.1 Å². The highest BCUT2D eigenvalue weighted by atomic mass is 79.9. The number of halogens is 1. The maximum atomic E-state index is 6.01. The molecule has 1 unspecified atom stereocenters. The van der Waals surface area contributed by atoms with E-state index in [0.29, 0.717) is 6.54 Å². The summed E-state index contributed by atoms with van der Waals surface area (Å²) in [6.45, 7) is 2.83. The van der Waals surface area contributed by atoms with Crippen LogP contribution in [-0.4, -0.2) is 15.0 Å². The Hall–Kier alpha value is -1.20. The van der Waals surface area contributed by atoms with Crippen molar-refractivity contribution in [1.29, 1.82) is 0 Å². The molecule has 2 aromatic rings. The minimum atomic E-state index is -0.00809. The lowest BCUT2D eigenvalue weighted by Crippen LogP contribution is -2.10. The molecule has 4 nitrogen and oxygen atoms in total. The Morgan fingerprint density at radius 1 is 1.44 bits per heavy atom. The van der Waals surface area contributed by atoms with Gasteiger partial charge in [0.15, 0.2) is 0 Å². The Balaban J connectivity index is 2.06. The van der Waals surface area contributed by atoms with Crippen molar-refractivity contribution in [3.8, 4) is 0 Å². The first-order valence-corrected chi connectivity index (χ1v) is 6.88. The van der Waals surface area contributed by atoms with E-state index in [2.05, 4.69) is 45.3 Å². The molecule has 0 amide bonds. The summed E-state index contributed by atoms with van der Waals surface area (Å²) in [7, 11) is 0. The third-order valence-electron chi connectivity index (χ3n) is 2.77. The zero-order valence-electron chi connectivity index (χ0n) is 10.4. The number of nitrogens with two attached hydrogens (primary N) is 1. The molecule has 0 aliphatic rings. The van der Waals surface area contributed by atoms with E-state index >= 15 is 0 Å². The van der Waals surface area contributed by atoms with Gasteiger partial charge in [0.05, 0.1) is 24.5 Å². The Labute approximate surface area is 115 Å². The highest BCUT2D eigenvalue weighted by molar-refractivity contribution is 9.10. The van der Waals surface area contributed by atoms with Gasteiger partial charge in [-0.25, -0.2) is 4.68 Å². The van der Waals surface area contributed by atoms with Gasteiger partial charge in [-0.2, -0.15) is 0 Å². The number of benzene rings is 1. The van der Waals surface area contributed by atoms with Gasteiger partial charge in [0.2, 0.25) is 0 Å². The second kappa shape index (κ2) is 6.11. The van der Waals surface area contributed by atoms with Crippen LogP contribution in [0.3, 0.4) is 0 Å². The van der Waals surface area contributed by atoms with Crippen LogP contribution in [0.15, 0.2) is 34.9 Å². The van der Waals surface area contributed by atoms with Crippen LogP contribution in [0.5, 0.6) is 0 Å². The summed E-state index contributed by atoms with van der Waals surface area (Å²) in [5.74, 6) is 0. The number of aromatic nitrogens is 3. The molecule has 1 aromatic carbocycles. The molecule has 1 heterocycles. The maximum Gasteiger partial charge on any atom is 0.0994 e. The first-order chi connectivity index (χ1) is 8.69. The van der Waals surface area contributed by atoms with E-state index in [1.54, 1.807) is 0 Å². The summed E-state index contributed by atoms with van der Waals surface area (Å²) >= 11 is 3.46. The van der Waals surface area contributed by atoms with E-state index in [1.807, 2.05) is 23.0 Å². The molecule has 0 aliphatic heterocycles. The van der Waals surface area contributed by atoms with Crippen molar-refractivity contribution in [2.75, 3.05) is 0 Å². The van der Waals surface area contributed by atoms with Crippen molar-refractivity contribution in [3.05, 3.63) is 46.2 Å². The van der Waals surface area contributed by atoms with Gasteiger partial charge in [-0.1, -0.05) is 46.6 Å². The zero-order chi connectivity index (χ0) is 13.0. The first kappa shape index (κ1) is 13.2. The van der Waals surface area contributed by atoms with E-state index in [9.17, 15) is 0 Å². The lowest BCUT2D eigenvalue weighted by Gasteiger charge is -2.04. The summed E-state index contributed by atoms with van der Waals surface area (Å²) in [6.07, 6.45) is 3.93. The molecule has 1 atom stereocenters. The van der Waals surface area contributed by atoms with E-state index in [1.165, 1.54) is 5.56 Å². The second-order valence-electron chi connectivity index (χ2n) is 4.37. The molecule has 1 aromatic heterocycles. The largest absolute Gasteiger partial charge is 0.323 e. The van der Waals surface area contributed by atoms with Gasteiger partial charge in [0.25, 0.3) is 0 Å². The predicted octanol–water partition coefficient (Wildman–Crippen LogP) is 2.89. The summed E-state index contributed by atoms with van der Waals surface area (Å²) < 4.78 is 2.90. The van der Waals surface area contributed by atoms with Crippen LogP contribution in [-0.2, 0) is 6.54 Å². The minimum absolute atomic E-state index is 0.00809. The normalized spacial score (nSPS) is 12.6. The van der Waals surface area contributed by atoms with Crippen molar-refractivity contribution in [3.63, 3.8) is 0 Å². The summed E-state index contributed by atoms with van der Waals surface area (Å²) in [5.41, 5.74) is 8.07. The van der Waals surface area contributed by atoms with Crippen LogP contribution < -0.4 is 5.73 Å². The molecule has 0 aliphatic carbocycles. The molecule has 0 fully saturated rings. The average Bonchev–Trinajstić information content (AvgIpc) is 2.78. The number of nitrogens with zero attached hydrogens (tertiary/aromatic N) is 3. The molecule has 0 bridgehead atoms. The van der Waals surface area contributed by atoms with Crippen LogP contribution in [0.25, 0.3) is 0 Å². The van der Waals surface area contributed by atoms with Crippen molar-refractivity contribution in [2.45, 2.75) is 32.4 Å². The lowest BCUT2D eigenvalue weighted by molar-refractivity contribution is 0.617. The molecular weight excluding hydrogens is 292 g/mol. The topological polar surface area (TPSA) is 56.7 Å². The zero-order valence-corrected chi connectivity index (χ0v) is 12.0. The SMILES string of the molecule is CCCC(N)c1cn(Cc2cccc(Br)c2)nn1. The summed E-state index contributed by atoms with van der Waals surface area (Å²) in [4.78, 5) is 0. The first-order valence-electron chi connectivity index (χ1n) is 6.09. The van der Waals surface area contributed by atoms with Gasteiger partial charge in [0, 0.05) is 4.47 Å². The predicted molar refractivity (Wildman–Crippen MR) is 75.1 cm³/mol. The van der Waals surface area contributed by atoms with E-state index in [4.69, 9.17) is 5.73 Å². The number of rotatable bonds is 5. The second-order valence-corrected chi connectivity index (χ2v) is 5.28. The molecule has 2 N–H and O–H groups in total. The minimum Gasteiger partial charge on any atom is -0.323 e. The van der Waals surface area contributed by atoms with Crippen molar-refractivity contribution >= 4 is 15.9 Å². The lowest BCUT2D eigenvalue weighted by atomic mass is 10.1. The van der Waals surface area contributed by atoms with Crippen molar-refractivity contribution < 1.29 is 0 Å². The highest BCUT2D eigenvalue weighted by Crippen LogP contribution is 2.14. The van der Waals surface area contributed by atoms with Gasteiger partial charge < -0.3 is 5.73 Å². The number of hydrogen-bond donors (Lipinski definition) is 1. The van der Waals surface area contributed by atoms with E-state index < -0.39 is 0 Å². The van der Waals surface area contributed by atoms with Crippen LogP contribution in [0.1, 0.15) is 37.1 Å². The van der Waals surface area contributed by atoms with Crippen LogP contribution in [0, 0.1) is 0 Å². The molecule has 2 rings (SSSR count). The molecule has 0 saturated carbocycles. The maximum absolute atomic E-state index is 6.01. The molecule has 0 saturated heterocycles. The summed E-state index contributed by atoms with van der Waals surface area (Å²) in [6, 6.07) is 8.16. The van der Waals surface area contributed by atoms with Crippen molar-refractivity contribution in [2.24, 2.45) is 5.73 Å². The molecule has 0 radical (unpaired) electrons. The van der Waals surface area contributed by atoms with Gasteiger partial charge in [-0.3, -0.25) is 0 Å². The van der Waals surface area contributed by atoms with Crippen LogP contribution in [0.2, 0.25) is 0 Å². The fraction of sp³-hybridized carbons (Fsp3) is 0.385. The van der Waals surface area contributed by atoms with Gasteiger partial charge in [-0.15, -0.1) is 5.10 Å². The fourth-order valence-corrected chi connectivity index (χ4v) is 2.29. The molecular formula is C13H17BrN4. The Bertz CT molecular complexity index is 509. The van der Waals surface area contributed by atoms with E-state index in [0.717, 1.165) is 23.0 Å². The number of hydrogen-bond acceptors (Lipinski definition) is 3. The average molecular weight is 309 g/mol. The van der Waals surface area contributed by atoms with Gasteiger partial charge >= 0.3 is 0 Å². The highest BCUT2D eigenvalue weighted by Gasteiger charge is 2.09. The molecule has 18 heavy (non-hydrogen) atoms. The molecule has 96 valence electrons. The Morgan fingerprint density at radius 3 is 3.00 bits per heavy atom. The summed E-state index contributed by atoms with van der Waals surface area (Å²) in [5, 5.41) is 8.25. The van der Waals surface area contributed by atoms with Gasteiger partial charge in [0.1, 0.15) is 0 Å². The van der Waals surface area contributed by atoms with Crippen LogP contribution in [0.4, 0.5) is 0 Å². The fourth-order valence-electron chi connectivity index (χ4n) is 1.84. The van der Waals surface area contributed by atoms with Crippen LogP contribution >= 0.6 is 15.9 Å². The van der Waals surface area contributed by atoms with E-state index in [-0.39, 0.29) is 6.04 Å². The molecule has 0 spiro atoms. The van der Waals surface area contributed by atoms with Crippen molar-refractivity contribution in [1.82, 2.24) is 15.0 Å². The molecule has 5 heteroatoms.